The Labute approximate surface area is 136 Å². The Balaban J connectivity index is 1.49. The van der Waals surface area contributed by atoms with Crippen molar-refractivity contribution in [3.8, 4) is 0 Å². The normalized spacial score (nSPS) is 18.7. The van der Waals surface area contributed by atoms with Gasteiger partial charge in [-0.25, -0.2) is 0 Å². The van der Waals surface area contributed by atoms with Crippen molar-refractivity contribution < 1.29 is 9.53 Å². The van der Waals surface area contributed by atoms with Crippen molar-refractivity contribution in [2.24, 2.45) is 7.05 Å². The molecular weight excluding hydrogens is 292 g/mol. The molecule has 0 aliphatic carbocycles. The Kier molecular flexibility index (Phi) is 5.05. The van der Waals surface area contributed by atoms with E-state index in [2.05, 4.69) is 27.4 Å². The Morgan fingerprint density at radius 3 is 2.96 bits per heavy atom. The molecule has 6 heteroatoms. The van der Waals surface area contributed by atoms with Gasteiger partial charge in [-0.05, 0) is 12.0 Å². The molecule has 1 amide bonds. The number of aromatic nitrogens is 2. The lowest BCUT2D eigenvalue weighted by Gasteiger charge is -2.32. The summed E-state index contributed by atoms with van der Waals surface area (Å²) in [6, 6.07) is 10.3. The van der Waals surface area contributed by atoms with Crippen LogP contribution in [0.2, 0.25) is 0 Å². The molecule has 1 fully saturated rings. The molecule has 1 atom stereocenters. The number of hydrogen-bond acceptors (Lipinski definition) is 4. The Bertz CT molecular complexity index is 641. The van der Waals surface area contributed by atoms with Crippen molar-refractivity contribution in [3.63, 3.8) is 0 Å². The molecule has 23 heavy (non-hydrogen) atoms. The van der Waals surface area contributed by atoms with E-state index in [4.69, 9.17) is 4.74 Å². The summed E-state index contributed by atoms with van der Waals surface area (Å²) in [6.45, 7) is 2.60. The van der Waals surface area contributed by atoms with Gasteiger partial charge in [-0.15, -0.1) is 0 Å². The lowest BCUT2D eigenvalue weighted by Crippen LogP contribution is -2.46. The van der Waals surface area contributed by atoms with Crippen molar-refractivity contribution in [2.75, 3.05) is 31.6 Å². The maximum atomic E-state index is 12.1. The number of carbonyl (C=O) groups is 1. The summed E-state index contributed by atoms with van der Waals surface area (Å²) >= 11 is 0. The zero-order valence-corrected chi connectivity index (χ0v) is 13.3. The van der Waals surface area contributed by atoms with Gasteiger partial charge in [0.1, 0.15) is 0 Å². The van der Waals surface area contributed by atoms with Crippen LogP contribution in [0.5, 0.6) is 0 Å². The SMILES string of the molecule is Cn1cc(NC(=O)CN2CCO[C@@H](Cc3ccccc3)C2)cn1. The molecule has 122 valence electrons. The minimum Gasteiger partial charge on any atom is -0.375 e. The third kappa shape index (κ3) is 4.64. The van der Waals surface area contributed by atoms with E-state index < -0.39 is 0 Å². The van der Waals surface area contributed by atoms with Crippen molar-refractivity contribution >= 4 is 11.6 Å². The first-order valence-electron chi connectivity index (χ1n) is 7.85. The molecule has 6 nitrogen and oxygen atoms in total. The highest BCUT2D eigenvalue weighted by Gasteiger charge is 2.22. The Hall–Kier alpha value is -2.18. The summed E-state index contributed by atoms with van der Waals surface area (Å²) in [4.78, 5) is 14.3. The molecule has 0 bridgehead atoms. The van der Waals surface area contributed by atoms with Gasteiger partial charge in [-0.1, -0.05) is 30.3 Å². The van der Waals surface area contributed by atoms with E-state index in [1.54, 1.807) is 17.1 Å². The maximum Gasteiger partial charge on any atom is 0.238 e. The second kappa shape index (κ2) is 7.39. The van der Waals surface area contributed by atoms with E-state index in [1.807, 2.05) is 25.2 Å². The summed E-state index contributed by atoms with van der Waals surface area (Å²) in [5.74, 6) is -0.0154. The van der Waals surface area contributed by atoms with Gasteiger partial charge >= 0.3 is 0 Å². The molecule has 1 aliphatic rings. The van der Waals surface area contributed by atoms with Gasteiger partial charge in [0.05, 0.1) is 31.1 Å². The van der Waals surface area contributed by atoms with Crippen LogP contribution in [-0.4, -0.2) is 52.9 Å². The quantitative estimate of drug-likeness (QED) is 0.904. The molecule has 0 saturated carbocycles. The third-order valence-corrected chi connectivity index (χ3v) is 3.88. The van der Waals surface area contributed by atoms with Crippen LogP contribution < -0.4 is 5.32 Å². The summed E-state index contributed by atoms with van der Waals surface area (Å²) in [7, 11) is 1.83. The number of hydrogen-bond donors (Lipinski definition) is 1. The van der Waals surface area contributed by atoms with Crippen molar-refractivity contribution in [1.82, 2.24) is 14.7 Å². The maximum absolute atomic E-state index is 12.1. The Morgan fingerprint density at radius 1 is 1.39 bits per heavy atom. The molecule has 3 rings (SSSR count). The molecule has 2 aromatic rings. The highest BCUT2D eigenvalue weighted by atomic mass is 16.5. The summed E-state index contributed by atoms with van der Waals surface area (Å²) in [6.07, 6.45) is 4.45. The van der Waals surface area contributed by atoms with Crippen LogP contribution in [0.4, 0.5) is 5.69 Å². The number of nitrogens with zero attached hydrogens (tertiary/aromatic N) is 3. The molecule has 2 heterocycles. The highest BCUT2D eigenvalue weighted by Crippen LogP contribution is 2.12. The molecule has 1 aromatic heterocycles. The average Bonchev–Trinajstić information content (AvgIpc) is 2.93. The Morgan fingerprint density at radius 2 is 2.22 bits per heavy atom. The summed E-state index contributed by atoms with van der Waals surface area (Å²) < 4.78 is 7.50. The minimum atomic E-state index is -0.0154. The monoisotopic (exact) mass is 314 g/mol. The first kappa shape index (κ1) is 15.7. The van der Waals surface area contributed by atoms with Crippen LogP contribution in [0.15, 0.2) is 42.7 Å². The first-order valence-corrected chi connectivity index (χ1v) is 7.85. The third-order valence-electron chi connectivity index (χ3n) is 3.88. The largest absolute Gasteiger partial charge is 0.375 e. The smallest absolute Gasteiger partial charge is 0.238 e. The van der Waals surface area contributed by atoms with E-state index in [0.717, 1.165) is 25.2 Å². The van der Waals surface area contributed by atoms with Crippen molar-refractivity contribution in [1.29, 1.82) is 0 Å². The molecule has 1 aromatic carbocycles. The van der Waals surface area contributed by atoms with E-state index in [1.165, 1.54) is 5.56 Å². The van der Waals surface area contributed by atoms with Crippen molar-refractivity contribution in [3.05, 3.63) is 48.3 Å². The number of aryl methyl sites for hydroxylation is 1. The fourth-order valence-corrected chi connectivity index (χ4v) is 2.81. The van der Waals surface area contributed by atoms with Crippen LogP contribution in [0.25, 0.3) is 0 Å². The predicted molar refractivity (Wildman–Crippen MR) is 88.2 cm³/mol. The number of rotatable bonds is 5. The number of anilines is 1. The van der Waals surface area contributed by atoms with Crippen LogP contribution in [0.3, 0.4) is 0 Å². The summed E-state index contributed by atoms with van der Waals surface area (Å²) in [5, 5.41) is 6.91. The summed E-state index contributed by atoms with van der Waals surface area (Å²) in [5.41, 5.74) is 1.99. The number of nitrogens with one attached hydrogen (secondary N) is 1. The van der Waals surface area contributed by atoms with Crippen LogP contribution in [-0.2, 0) is 23.0 Å². The lowest BCUT2D eigenvalue weighted by atomic mass is 10.1. The number of amides is 1. The standard InChI is InChI=1S/C17H22N4O2/c1-20-11-15(10-18-20)19-17(22)13-21-7-8-23-16(12-21)9-14-5-3-2-4-6-14/h2-6,10-11,16H,7-9,12-13H2,1H3,(H,19,22)/t16-/m0/s1. The second-order valence-electron chi connectivity index (χ2n) is 5.87. The molecule has 0 spiro atoms. The van der Waals surface area contributed by atoms with E-state index in [9.17, 15) is 4.79 Å². The van der Waals surface area contributed by atoms with Gasteiger partial charge in [0, 0.05) is 26.3 Å². The topological polar surface area (TPSA) is 59.4 Å². The first-order chi connectivity index (χ1) is 11.2. The number of morpholine rings is 1. The molecule has 1 N–H and O–H groups in total. The molecule has 0 unspecified atom stereocenters. The molecule has 1 saturated heterocycles. The van der Waals surface area contributed by atoms with E-state index >= 15 is 0 Å². The number of benzene rings is 1. The molecule has 1 aliphatic heterocycles. The average molecular weight is 314 g/mol. The predicted octanol–water partition coefficient (Wildman–Crippen LogP) is 1.30. The van der Waals surface area contributed by atoms with Crippen molar-refractivity contribution in [2.45, 2.75) is 12.5 Å². The molecular formula is C17H22N4O2. The van der Waals surface area contributed by atoms with Crippen LogP contribution in [0.1, 0.15) is 5.56 Å². The lowest BCUT2D eigenvalue weighted by molar-refractivity contribution is -0.119. The van der Waals surface area contributed by atoms with Gasteiger partial charge < -0.3 is 10.1 Å². The fraction of sp³-hybridized carbons (Fsp3) is 0.412. The zero-order chi connectivity index (χ0) is 16.1. The highest BCUT2D eigenvalue weighted by molar-refractivity contribution is 5.91. The van der Waals surface area contributed by atoms with Gasteiger partial charge in [0.15, 0.2) is 0 Å². The van der Waals surface area contributed by atoms with Gasteiger partial charge in [-0.3, -0.25) is 14.4 Å². The van der Waals surface area contributed by atoms with Gasteiger partial charge in [0.25, 0.3) is 0 Å². The second-order valence-corrected chi connectivity index (χ2v) is 5.87. The number of ether oxygens (including phenoxy) is 1. The minimum absolute atomic E-state index is 0.0154. The van der Waals surface area contributed by atoms with E-state index in [-0.39, 0.29) is 12.0 Å². The van der Waals surface area contributed by atoms with Crippen LogP contribution >= 0.6 is 0 Å². The molecule has 0 radical (unpaired) electrons. The van der Waals surface area contributed by atoms with Crippen LogP contribution in [0, 0.1) is 0 Å². The number of carbonyl (C=O) groups excluding carboxylic acids is 1. The van der Waals surface area contributed by atoms with Gasteiger partial charge in [-0.2, -0.15) is 5.10 Å². The zero-order valence-electron chi connectivity index (χ0n) is 13.3. The van der Waals surface area contributed by atoms with E-state index in [0.29, 0.717) is 13.2 Å². The fourth-order valence-electron chi connectivity index (χ4n) is 2.81. The van der Waals surface area contributed by atoms with Gasteiger partial charge in [0.2, 0.25) is 5.91 Å².